The number of hydrogen-bond acceptors (Lipinski definition) is 0. The summed E-state index contributed by atoms with van der Waals surface area (Å²) >= 11 is 0. The van der Waals surface area contributed by atoms with Gasteiger partial charge in [0.15, 0.2) is 0 Å². The van der Waals surface area contributed by atoms with Crippen molar-refractivity contribution in [1.82, 2.24) is 0 Å². The molecule has 0 fully saturated rings. The van der Waals surface area contributed by atoms with Crippen LogP contribution in [0.15, 0.2) is 24.3 Å². The Labute approximate surface area is 126 Å². The predicted molar refractivity (Wildman–Crippen MR) is 75.8 cm³/mol. The smallest absolute Gasteiger partial charge is 0 e. The molecule has 0 spiro atoms. The summed E-state index contributed by atoms with van der Waals surface area (Å²) in [7, 11) is 0. The van der Waals surface area contributed by atoms with Crippen LogP contribution in [-0.2, 0) is 32.3 Å². The van der Waals surface area contributed by atoms with E-state index in [1.165, 1.54) is 40.3 Å². The first-order chi connectivity index (χ1) is 6.72. The van der Waals surface area contributed by atoms with Gasteiger partial charge in [0.1, 0.15) is 0 Å². The Morgan fingerprint density at radius 1 is 1.06 bits per heavy atom. The van der Waals surface area contributed by atoms with Crippen molar-refractivity contribution >= 4 is 10.8 Å². The summed E-state index contributed by atoms with van der Waals surface area (Å²) in [5, 5.41) is 2.85. The molecule has 0 aromatic heterocycles. The summed E-state index contributed by atoms with van der Waals surface area (Å²) in [6.07, 6.45) is 2.43. The zero-order valence-electron chi connectivity index (χ0n) is 11.7. The third-order valence-corrected chi connectivity index (χ3v) is 3.00. The maximum absolute atomic E-state index is 2.33. The van der Waals surface area contributed by atoms with Crippen molar-refractivity contribution in [3.63, 3.8) is 0 Å². The Kier molecular flexibility index (Phi) is 8.87. The fourth-order valence-electron chi connectivity index (χ4n) is 2.02. The van der Waals surface area contributed by atoms with E-state index in [1.807, 2.05) is 0 Å². The van der Waals surface area contributed by atoms with Crippen LogP contribution in [0.3, 0.4) is 0 Å². The molecular formula is C16H23Hf-3. The third-order valence-electron chi connectivity index (χ3n) is 3.00. The van der Waals surface area contributed by atoms with E-state index in [-0.39, 0.29) is 40.7 Å². The van der Waals surface area contributed by atoms with Gasteiger partial charge in [-0.25, -0.2) is 0 Å². The Bertz CT molecular complexity index is 452. The molecule has 0 amide bonds. The first-order valence-corrected chi connectivity index (χ1v) is 5.38. The summed E-state index contributed by atoms with van der Waals surface area (Å²) < 4.78 is 0. The van der Waals surface area contributed by atoms with Crippen molar-refractivity contribution in [2.45, 2.75) is 33.6 Å². The molecule has 0 atom stereocenters. The van der Waals surface area contributed by atoms with Crippen LogP contribution < -0.4 is 0 Å². The quantitative estimate of drug-likeness (QED) is 0.496. The van der Waals surface area contributed by atoms with Gasteiger partial charge >= 0.3 is 0 Å². The molecule has 2 rings (SSSR count). The minimum Gasteiger partial charge on any atom is -0.358 e. The minimum atomic E-state index is 0. The van der Waals surface area contributed by atoms with Crippen LogP contribution in [0.5, 0.6) is 0 Å². The first-order valence-electron chi connectivity index (χ1n) is 5.38. The Hall–Kier alpha value is -0.300. The van der Waals surface area contributed by atoms with Crippen molar-refractivity contribution in [2.24, 2.45) is 0 Å². The molecule has 0 aliphatic carbocycles. The Morgan fingerprint density at radius 2 is 1.65 bits per heavy atom. The maximum Gasteiger partial charge on any atom is 0 e. The molecule has 17 heavy (non-hydrogen) atoms. The second-order valence-corrected chi connectivity index (χ2v) is 4.13. The third kappa shape index (κ3) is 3.84. The van der Waals surface area contributed by atoms with Crippen LogP contribution in [0.4, 0.5) is 0 Å². The van der Waals surface area contributed by atoms with Gasteiger partial charge in [-0.05, 0) is 13.8 Å². The van der Waals surface area contributed by atoms with Crippen LogP contribution in [-0.4, -0.2) is 0 Å². The van der Waals surface area contributed by atoms with Crippen molar-refractivity contribution in [3.05, 3.63) is 55.8 Å². The number of hydrogen-bond donors (Lipinski definition) is 0. The molecule has 1 heteroatoms. The fraction of sp³-hybridized carbons (Fsp3) is 0.312. The monoisotopic (exact) mass is 395 g/mol. The van der Waals surface area contributed by atoms with Gasteiger partial charge < -0.3 is 14.9 Å². The van der Waals surface area contributed by atoms with E-state index in [4.69, 9.17) is 0 Å². The summed E-state index contributed by atoms with van der Waals surface area (Å²) in [5.41, 5.74) is 4.30. The minimum absolute atomic E-state index is 0. The molecule has 0 nitrogen and oxygen atoms in total. The van der Waals surface area contributed by atoms with Crippen LogP contribution in [0.2, 0.25) is 0 Å². The largest absolute Gasteiger partial charge is 0.358 e. The van der Waals surface area contributed by atoms with Gasteiger partial charge in [0.2, 0.25) is 0 Å². The number of rotatable bonds is 2. The van der Waals surface area contributed by atoms with Crippen molar-refractivity contribution < 1.29 is 25.8 Å². The second kappa shape index (κ2) is 7.92. The van der Waals surface area contributed by atoms with Crippen LogP contribution in [0.1, 0.15) is 30.0 Å². The van der Waals surface area contributed by atoms with E-state index in [0.29, 0.717) is 0 Å². The molecule has 0 bridgehead atoms. The van der Waals surface area contributed by atoms with E-state index >= 15 is 0 Å². The number of benzene rings is 1. The first kappa shape index (κ1) is 19.0. The molecule has 94 valence electrons. The van der Waals surface area contributed by atoms with Gasteiger partial charge in [0.05, 0.1) is 0 Å². The zero-order valence-corrected chi connectivity index (χ0v) is 15.3. The summed E-state index contributed by atoms with van der Waals surface area (Å²) in [6, 6.07) is 9.14. The molecule has 0 unspecified atom stereocenters. The van der Waals surface area contributed by atoms with E-state index in [0.717, 1.165) is 0 Å². The molecule has 0 heterocycles. The van der Waals surface area contributed by atoms with Crippen LogP contribution in [0.25, 0.3) is 10.8 Å². The predicted octanol–water partition coefficient (Wildman–Crippen LogP) is 5.03. The number of aryl methyl sites for hydroxylation is 3. The molecule has 0 saturated carbocycles. The number of fused-ring (bicyclic) bond motifs is 1. The normalized spacial score (nSPS) is 9.12. The Balaban J connectivity index is 0. The van der Waals surface area contributed by atoms with Gasteiger partial charge in [-0.1, -0.05) is 30.9 Å². The van der Waals surface area contributed by atoms with Crippen molar-refractivity contribution in [1.29, 1.82) is 0 Å². The van der Waals surface area contributed by atoms with E-state index in [1.54, 1.807) is 0 Å². The molecule has 0 N–H and O–H groups in total. The van der Waals surface area contributed by atoms with E-state index in [9.17, 15) is 0 Å². The van der Waals surface area contributed by atoms with E-state index < -0.39 is 0 Å². The summed E-state index contributed by atoms with van der Waals surface area (Å²) in [4.78, 5) is 0. The molecular weight excluding hydrogens is 371 g/mol. The molecule has 0 saturated heterocycles. The van der Waals surface area contributed by atoms with E-state index in [2.05, 4.69) is 45.0 Å². The molecule has 2 aromatic rings. The van der Waals surface area contributed by atoms with Gasteiger partial charge in [-0.2, -0.15) is 6.07 Å². The molecule has 2 aromatic carbocycles. The summed E-state index contributed by atoms with van der Waals surface area (Å²) in [5.74, 6) is 0. The van der Waals surface area contributed by atoms with Gasteiger partial charge in [0, 0.05) is 25.8 Å². The van der Waals surface area contributed by atoms with Gasteiger partial charge in [-0.15, -0.1) is 34.5 Å². The Morgan fingerprint density at radius 3 is 2.24 bits per heavy atom. The van der Waals surface area contributed by atoms with Crippen molar-refractivity contribution in [2.75, 3.05) is 0 Å². The summed E-state index contributed by atoms with van der Waals surface area (Å²) in [6.45, 7) is 6.61. The fourth-order valence-corrected chi connectivity index (χ4v) is 2.02. The van der Waals surface area contributed by atoms with Crippen molar-refractivity contribution in [3.8, 4) is 0 Å². The van der Waals surface area contributed by atoms with Crippen LogP contribution >= 0.6 is 0 Å². The molecule has 0 aliphatic heterocycles. The standard InChI is InChI=1S/C14H17.2CH3.Hf/c1-4-5-12-6-7-13-8-10(2)11(3)9-14(12)13;;;/h6-9H,4-5H2,1-3H3;2*1H3;/q3*-1;. The second-order valence-electron chi connectivity index (χ2n) is 4.13. The van der Waals surface area contributed by atoms with Gasteiger partial charge in [-0.3, -0.25) is 0 Å². The zero-order chi connectivity index (χ0) is 10.1. The SMILES string of the molecule is CCC[c-]1ccc2cc(C)c(C)cc21.[CH3-].[CH3-].[Hf]. The average molecular weight is 394 g/mol. The van der Waals surface area contributed by atoms with Crippen LogP contribution in [0, 0.1) is 28.7 Å². The molecule has 0 radical (unpaired) electrons. The molecule has 0 aliphatic rings. The topological polar surface area (TPSA) is 0 Å². The average Bonchev–Trinajstić information content (AvgIpc) is 2.51. The van der Waals surface area contributed by atoms with Gasteiger partial charge in [0.25, 0.3) is 0 Å². The maximum atomic E-state index is 2.33.